The number of ether oxygens (including phenoxy) is 1. The molecule has 1 amide bonds. The summed E-state index contributed by atoms with van der Waals surface area (Å²) in [6.07, 6.45) is 1.07. The van der Waals surface area contributed by atoms with Crippen molar-refractivity contribution in [2.45, 2.75) is 31.7 Å². The standard InChI is InChI=1S/C15H18BrNO3/c1-9(6-14(18)20-2)17-15(19)13-8-12(13)10-4-3-5-11(16)7-10/h3-5,7,9,12-13H,6,8H2,1-2H3,(H,17,19)/t9-,12-,13-/m0/s1. The minimum Gasteiger partial charge on any atom is -0.469 e. The maximum absolute atomic E-state index is 12.1. The third kappa shape index (κ3) is 3.82. The highest BCUT2D eigenvalue weighted by molar-refractivity contribution is 9.10. The lowest BCUT2D eigenvalue weighted by molar-refractivity contribution is -0.141. The predicted octanol–water partition coefficient (Wildman–Crippen LogP) is 2.62. The van der Waals surface area contributed by atoms with Gasteiger partial charge in [-0.2, -0.15) is 0 Å². The first-order valence-electron chi connectivity index (χ1n) is 6.64. The van der Waals surface area contributed by atoms with Gasteiger partial charge in [0.05, 0.1) is 13.5 Å². The molecule has 0 heterocycles. The fraction of sp³-hybridized carbons (Fsp3) is 0.467. The number of carbonyl (C=O) groups excluding carboxylic acids is 2. The maximum atomic E-state index is 12.1. The van der Waals surface area contributed by atoms with E-state index in [1.807, 2.05) is 25.1 Å². The van der Waals surface area contributed by atoms with Gasteiger partial charge < -0.3 is 10.1 Å². The number of halogens is 1. The van der Waals surface area contributed by atoms with E-state index in [1.54, 1.807) is 0 Å². The van der Waals surface area contributed by atoms with Crippen molar-refractivity contribution in [1.29, 1.82) is 0 Å². The molecule has 0 aliphatic heterocycles. The van der Waals surface area contributed by atoms with E-state index < -0.39 is 0 Å². The molecule has 5 heteroatoms. The molecule has 1 fully saturated rings. The van der Waals surface area contributed by atoms with Gasteiger partial charge in [-0.1, -0.05) is 28.1 Å². The lowest BCUT2D eigenvalue weighted by atomic mass is 10.1. The molecule has 0 saturated heterocycles. The molecule has 1 aromatic rings. The average Bonchev–Trinajstić information content (AvgIpc) is 3.18. The molecule has 0 radical (unpaired) electrons. The van der Waals surface area contributed by atoms with Gasteiger partial charge in [-0.05, 0) is 37.0 Å². The molecule has 0 bridgehead atoms. The zero-order chi connectivity index (χ0) is 14.7. The highest BCUT2D eigenvalue weighted by Crippen LogP contribution is 2.48. The summed E-state index contributed by atoms with van der Waals surface area (Å²) in [4.78, 5) is 23.2. The molecular formula is C15H18BrNO3. The number of esters is 1. The van der Waals surface area contributed by atoms with Crippen molar-refractivity contribution in [2.75, 3.05) is 7.11 Å². The van der Waals surface area contributed by atoms with Crippen LogP contribution in [-0.2, 0) is 14.3 Å². The Kier molecular flexibility index (Phi) is 4.81. The summed E-state index contributed by atoms with van der Waals surface area (Å²) in [6, 6.07) is 7.85. The molecule has 1 N–H and O–H groups in total. The molecule has 1 aliphatic rings. The Hall–Kier alpha value is -1.36. The largest absolute Gasteiger partial charge is 0.469 e. The van der Waals surface area contributed by atoms with Crippen LogP contribution in [0, 0.1) is 5.92 Å². The molecule has 20 heavy (non-hydrogen) atoms. The lowest BCUT2D eigenvalue weighted by Gasteiger charge is -2.12. The van der Waals surface area contributed by atoms with Crippen molar-refractivity contribution in [3.05, 3.63) is 34.3 Å². The van der Waals surface area contributed by atoms with Crippen LogP contribution in [0.3, 0.4) is 0 Å². The van der Waals surface area contributed by atoms with E-state index in [-0.39, 0.29) is 36.2 Å². The number of methoxy groups -OCH3 is 1. The molecule has 3 atom stereocenters. The summed E-state index contributed by atoms with van der Waals surface area (Å²) in [5.74, 6) is 0.0192. The monoisotopic (exact) mass is 339 g/mol. The quantitative estimate of drug-likeness (QED) is 0.839. The van der Waals surface area contributed by atoms with Crippen molar-refractivity contribution in [1.82, 2.24) is 5.32 Å². The Morgan fingerprint density at radius 3 is 2.90 bits per heavy atom. The van der Waals surface area contributed by atoms with Crippen molar-refractivity contribution in [3.8, 4) is 0 Å². The Morgan fingerprint density at radius 2 is 2.25 bits per heavy atom. The van der Waals surface area contributed by atoms with Crippen LogP contribution in [0.25, 0.3) is 0 Å². The van der Waals surface area contributed by atoms with Crippen LogP contribution in [0.15, 0.2) is 28.7 Å². The first-order valence-corrected chi connectivity index (χ1v) is 7.43. The van der Waals surface area contributed by atoms with Crippen LogP contribution in [0.5, 0.6) is 0 Å². The van der Waals surface area contributed by atoms with Gasteiger partial charge in [-0.15, -0.1) is 0 Å². The summed E-state index contributed by atoms with van der Waals surface area (Å²) in [7, 11) is 1.35. The molecule has 4 nitrogen and oxygen atoms in total. The van der Waals surface area contributed by atoms with Crippen LogP contribution in [0.1, 0.15) is 31.2 Å². The zero-order valence-corrected chi connectivity index (χ0v) is 13.1. The number of nitrogens with one attached hydrogen (secondary N) is 1. The number of benzene rings is 1. The predicted molar refractivity (Wildman–Crippen MR) is 79.2 cm³/mol. The highest BCUT2D eigenvalue weighted by atomic mass is 79.9. The van der Waals surface area contributed by atoms with Gasteiger partial charge in [0.15, 0.2) is 0 Å². The second-order valence-electron chi connectivity index (χ2n) is 5.19. The Bertz CT molecular complexity index is 518. The van der Waals surface area contributed by atoms with Gasteiger partial charge in [0.25, 0.3) is 0 Å². The van der Waals surface area contributed by atoms with E-state index in [2.05, 4.69) is 32.0 Å². The van der Waals surface area contributed by atoms with Gasteiger partial charge in [0, 0.05) is 16.4 Å². The Morgan fingerprint density at radius 1 is 1.50 bits per heavy atom. The van der Waals surface area contributed by atoms with Gasteiger partial charge in [-0.25, -0.2) is 0 Å². The second-order valence-corrected chi connectivity index (χ2v) is 6.11. The topological polar surface area (TPSA) is 55.4 Å². The summed E-state index contributed by atoms with van der Waals surface area (Å²) in [5.41, 5.74) is 1.18. The molecule has 1 aromatic carbocycles. The third-order valence-electron chi connectivity index (χ3n) is 3.49. The lowest BCUT2D eigenvalue weighted by Crippen LogP contribution is -2.35. The van der Waals surface area contributed by atoms with Crippen molar-refractivity contribution in [2.24, 2.45) is 5.92 Å². The normalized spacial score (nSPS) is 21.9. The van der Waals surface area contributed by atoms with E-state index in [0.29, 0.717) is 0 Å². The van der Waals surface area contributed by atoms with Crippen LogP contribution < -0.4 is 5.32 Å². The summed E-state index contributed by atoms with van der Waals surface area (Å²) in [5, 5.41) is 2.87. The van der Waals surface area contributed by atoms with E-state index >= 15 is 0 Å². The molecular weight excluding hydrogens is 322 g/mol. The number of hydrogen-bond donors (Lipinski definition) is 1. The van der Waals surface area contributed by atoms with Crippen LogP contribution in [0.2, 0.25) is 0 Å². The van der Waals surface area contributed by atoms with Gasteiger partial charge >= 0.3 is 5.97 Å². The minimum absolute atomic E-state index is 0.0180. The fourth-order valence-electron chi connectivity index (χ4n) is 2.32. The zero-order valence-electron chi connectivity index (χ0n) is 11.6. The molecule has 2 rings (SSSR count). The molecule has 108 valence electrons. The van der Waals surface area contributed by atoms with Gasteiger partial charge in [-0.3, -0.25) is 9.59 Å². The average molecular weight is 340 g/mol. The maximum Gasteiger partial charge on any atom is 0.307 e. The van der Waals surface area contributed by atoms with Gasteiger partial charge in [0.1, 0.15) is 0 Å². The Labute approximate surface area is 127 Å². The number of carbonyl (C=O) groups is 2. The van der Waals surface area contributed by atoms with Crippen LogP contribution in [0.4, 0.5) is 0 Å². The Balaban J connectivity index is 1.85. The number of hydrogen-bond acceptors (Lipinski definition) is 3. The van der Waals surface area contributed by atoms with E-state index in [0.717, 1.165) is 10.9 Å². The first kappa shape index (κ1) is 15.0. The van der Waals surface area contributed by atoms with Crippen molar-refractivity contribution >= 4 is 27.8 Å². The van der Waals surface area contributed by atoms with E-state index in [9.17, 15) is 9.59 Å². The molecule has 0 unspecified atom stereocenters. The van der Waals surface area contributed by atoms with Crippen LogP contribution >= 0.6 is 15.9 Å². The smallest absolute Gasteiger partial charge is 0.307 e. The minimum atomic E-state index is -0.308. The summed E-state index contributed by atoms with van der Waals surface area (Å²) < 4.78 is 5.61. The fourth-order valence-corrected chi connectivity index (χ4v) is 2.74. The van der Waals surface area contributed by atoms with Gasteiger partial charge in [0.2, 0.25) is 5.91 Å². The second kappa shape index (κ2) is 6.39. The molecule has 1 aliphatic carbocycles. The summed E-state index contributed by atoms with van der Waals surface area (Å²) in [6.45, 7) is 1.81. The van der Waals surface area contributed by atoms with E-state index in [1.165, 1.54) is 12.7 Å². The highest BCUT2D eigenvalue weighted by Gasteiger charge is 2.44. The first-order chi connectivity index (χ1) is 9.51. The summed E-state index contributed by atoms with van der Waals surface area (Å²) >= 11 is 3.44. The van der Waals surface area contributed by atoms with Crippen LogP contribution in [-0.4, -0.2) is 25.0 Å². The molecule has 0 aromatic heterocycles. The molecule has 1 saturated carbocycles. The van der Waals surface area contributed by atoms with Crippen molar-refractivity contribution in [3.63, 3.8) is 0 Å². The third-order valence-corrected chi connectivity index (χ3v) is 3.99. The van der Waals surface area contributed by atoms with E-state index in [4.69, 9.17) is 0 Å². The number of amides is 1. The number of rotatable bonds is 5. The SMILES string of the molecule is COC(=O)C[C@H](C)NC(=O)[C@H]1C[C@H]1c1cccc(Br)c1. The molecule has 0 spiro atoms. The van der Waals surface area contributed by atoms with Crippen molar-refractivity contribution < 1.29 is 14.3 Å².